The number of nitrogens with one attached hydrogen (secondary N) is 1. The van der Waals surface area contributed by atoms with Crippen molar-refractivity contribution in [3.8, 4) is 0 Å². The van der Waals surface area contributed by atoms with Crippen LogP contribution in [-0.4, -0.2) is 37.0 Å². The first-order chi connectivity index (χ1) is 7.74. The van der Waals surface area contributed by atoms with Crippen LogP contribution < -0.4 is 5.32 Å². The van der Waals surface area contributed by atoms with E-state index >= 15 is 0 Å². The van der Waals surface area contributed by atoms with Gasteiger partial charge < -0.3 is 10.2 Å². The van der Waals surface area contributed by atoms with Crippen LogP contribution in [0.4, 0.5) is 0 Å². The van der Waals surface area contributed by atoms with Crippen LogP contribution in [-0.2, 0) is 4.79 Å². The number of hydrogen-bond donors (Lipinski definition) is 1. The summed E-state index contributed by atoms with van der Waals surface area (Å²) in [5.74, 6) is 2.66. The standard InChI is InChI=1S/C13H20N2O/c1-15-5-4-12(13(15)16)14-8-11-7-9-2-3-10(11)6-9/h2-3,9-12,14H,4-8H2,1H3. The Morgan fingerprint density at radius 3 is 2.88 bits per heavy atom. The summed E-state index contributed by atoms with van der Waals surface area (Å²) in [7, 11) is 1.89. The molecule has 88 valence electrons. The van der Waals surface area contributed by atoms with Crippen molar-refractivity contribution in [2.45, 2.75) is 25.3 Å². The predicted molar refractivity (Wildman–Crippen MR) is 62.9 cm³/mol. The van der Waals surface area contributed by atoms with Gasteiger partial charge in [-0.1, -0.05) is 12.2 Å². The summed E-state index contributed by atoms with van der Waals surface area (Å²) in [6.45, 7) is 1.93. The van der Waals surface area contributed by atoms with E-state index in [1.165, 1.54) is 12.8 Å². The van der Waals surface area contributed by atoms with Crippen molar-refractivity contribution in [2.75, 3.05) is 20.1 Å². The van der Waals surface area contributed by atoms with Gasteiger partial charge in [0.05, 0.1) is 6.04 Å². The summed E-state index contributed by atoms with van der Waals surface area (Å²) < 4.78 is 0. The Hall–Kier alpha value is -0.830. The maximum Gasteiger partial charge on any atom is 0.239 e. The summed E-state index contributed by atoms with van der Waals surface area (Å²) >= 11 is 0. The minimum atomic E-state index is 0.0908. The normalized spacial score (nSPS) is 41.3. The summed E-state index contributed by atoms with van der Waals surface area (Å²) in [6, 6.07) is 0.0908. The molecular weight excluding hydrogens is 200 g/mol. The molecule has 1 saturated carbocycles. The molecule has 0 radical (unpaired) electrons. The number of amides is 1. The van der Waals surface area contributed by atoms with Gasteiger partial charge in [-0.3, -0.25) is 4.79 Å². The molecule has 2 fully saturated rings. The van der Waals surface area contributed by atoms with Crippen molar-refractivity contribution in [3.63, 3.8) is 0 Å². The highest BCUT2D eigenvalue weighted by Gasteiger charge is 2.36. The first-order valence-electron chi connectivity index (χ1n) is 6.40. The molecule has 0 aromatic carbocycles. The van der Waals surface area contributed by atoms with Crippen LogP contribution in [0.3, 0.4) is 0 Å². The van der Waals surface area contributed by atoms with Crippen molar-refractivity contribution < 1.29 is 4.79 Å². The number of nitrogens with zero attached hydrogens (tertiary/aromatic N) is 1. The van der Waals surface area contributed by atoms with Crippen LogP contribution in [0, 0.1) is 17.8 Å². The van der Waals surface area contributed by atoms with Crippen LogP contribution in [0.5, 0.6) is 0 Å². The van der Waals surface area contributed by atoms with E-state index in [0.717, 1.165) is 37.3 Å². The summed E-state index contributed by atoms with van der Waals surface area (Å²) in [5, 5.41) is 3.46. The Morgan fingerprint density at radius 1 is 1.44 bits per heavy atom. The van der Waals surface area contributed by atoms with E-state index in [-0.39, 0.29) is 11.9 Å². The van der Waals surface area contributed by atoms with E-state index in [0.29, 0.717) is 0 Å². The Labute approximate surface area is 96.9 Å². The molecule has 2 bridgehead atoms. The molecule has 4 unspecified atom stereocenters. The van der Waals surface area contributed by atoms with Crippen LogP contribution in [0.2, 0.25) is 0 Å². The molecule has 0 spiro atoms. The van der Waals surface area contributed by atoms with Gasteiger partial charge in [0.1, 0.15) is 0 Å². The highest BCUT2D eigenvalue weighted by atomic mass is 16.2. The van der Waals surface area contributed by atoms with E-state index in [1.54, 1.807) is 0 Å². The van der Waals surface area contributed by atoms with Gasteiger partial charge in [-0.05, 0) is 43.6 Å². The fraction of sp³-hybridized carbons (Fsp3) is 0.769. The number of hydrogen-bond acceptors (Lipinski definition) is 2. The lowest BCUT2D eigenvalue weighted by Gasteiger charge is -2.20. The Bertz CT molecular complexity index is 326. The average molecular weight is 220 g/mol. The highest BCUT2D eigenvalue weighted by Crippen LogP contribution is 2.43. The zero-order valence-corrected chi connectivity index (χ0v) is 9.86. The predicted octanol–water partition coefficient (Wildman–Crippen LogP) is 1.02. The average Bonchev–Trinajstić information content (AvgIpc) is 2.95. The number of carbonyl (C=O) groups excluding carboxylic acids is 1. The molecule has 3 nitrogen and oxygen atoms in total. The molecule has 3 rings (SSSR count). The van der Waals surface area contributed by atoms with Gasteiger partial charge in [0, 0.05) is 13.6 Å². The zero-order chi connectivity index (χ0) is 11.1. The minimum Gasteiger partial charge on any atom is -0.344 e. The van der Waals surface area contributed by atoms with Crippen LogP contribution in [0.15, 0.2) is 12.2 Å². The van der Waals surface area contributed by atoms with Gasteiger partial charge in [-0.15, -0.1) is 0 Å². The van der Waals surface area contributed by atoms with E-state index in [9.17, 15) is 4.79 Å². The smallest absolute Gasteiger partial charge is 0.239 e. The maximum atomic E-state index is 11.7. The van der Waals surface area contributed by atoms with Crippen LogP contribution in [0.1, 0.15) is 19.3 Å². The van der Waals surface area contributed by atoms with Crippen molar-refractivity contribution in [1.29, 1.82) is 0 Å². The molecule has 16 heavy (non-hydrogen) atoms. The van der Waals surface area contributed by atoms with Crippen LogP contribution >= 0.6 is 0 Å². The van der Waals surface area contributed by atoms with E-state index in [1.807, 2.05) is 11.9 Å². The van der Waals surface area contributed by atoms with Crippen molar-refractivity contribution >= 4 is 5.91 Å². The lowest BCUT2D eigenvalue weighted by molar-refractivity contribution is -0.128. The third kappa shape index (κ3) is 1.67. The quantitative estimate of drug-likeness (QED) is 0.720. The largest absolute Gasteiger partial charge is 0.344 e. The number of likely N-dealkylation sites (tertiary alicyclic amines) is 1. The van der Waals surface area contributed by atoms with E-state index in [4.69, 9.17) is 0 Å². The Kier molecular flexibility index (Phi) is 2.51. The summed E-state index contributed by atoms with van der Waals surface area (Å²) in [6.07, 6.45) is 8.40. The number of fused-ring (bicyclic) bond motifs is 2. The van der Waals surface area contributed by atoms with Gasteiger partial charge in [0.25, 0.3) is 0 Å². The monoisotopic (exact) mass is 220 g/mol. The van der Waals surface area contributed by atoms with Crippen molar-refractivity contribution in [3.05, 3.63) is 12.2 Å². The molecule has 4 atom stereocenters. The lowest BCUT2D eigenvalue weighted by atomic mass is 9.93. The first-order valence-corrected chi connectivity index (χ1v) is 6.40. The zero-order valence-electron chi connectivity index (χ0n) is 9.86. The topological polar surface area (TPSA) is 32.3 Å². The maximum absolute atomic E-state index is 11.7. The molecule has 3 heteroatoms. The summed E-state index contributed by atoms with van der Waals surface area (Å²) in [4.78, 5) is 13.6. The van der Waals surface area contributed by atoms with Gasteiger partial charge in [-0.2, -0.15) is 0 Å². The Morgan fingerprint density at radius 2 is 2.31 bits per heavy atom. The molecule has 2 aliphatic carbocycles. The highest BCUT2D eigenvalue weighted by molar-refractivity contribution is 5.83. The fourth-order valence-corrected chi connectivity index (χ4v) is 3.43. The minimum absolute atomic E-state index is 0.0908. The van der Waals surface area contributed by atoms with Gasteiger partial charge in [0.2, 0.25) is 5.91 Å². The van der Waals surface area contributed by atoms with Gasteiger partial charge in [0.15, 0.2) is 0 Å². The van der Waals surface area contributed by atoms with Gasteiger partial charge in [-0.25, -0.2) is 0 Å². The molecule has 0 aromatic rings. The van der Waals surface area contributed by atoms with Crippen molar-refractivity contribution in [2.24, 2.45) is 17.8 Å². The third-order valence-corrected chi connectivity index (χ3v) is 4.47. The van der Waals surface area contributed by atoms with E-state index in [2.05, 4.69) is 17.5 Å². The second-order valence-electron chi connectivity index (χ2n) is 5.55. The third-order valence-electron chi connectivity index (χ3n) is 4.47. The van der Waals surface area contributed by atoms with Crippen LogP contribution in [0.25, 0.3) is 0 Å². The second kappa shape index (κ2) is 3.88. The lowest BCUT2D eigenvalue weighted by Crippen LogP contribution is -2.40. The molecule has 3 aliphatic rings. The fourth-order valence-electron chi connectivity index (χ4n) is 3.43. The Balaban J connectivity index is 1.50. The molecule has 1 N–H and O–H groups in total. The van der Waals surface area contributed by atoms with E-state index < -0.39 is 0 Å². The molecule has 1 amide bonds. The first kappa shape index (κ1) is 10.3. The molecule has 1 heterocycles. The SMILES string of the molecule is CN1CCC(NCC2CC3C=CC2C3)C1=O. The molecule has 0 aromatic heterocycles. The summed E-state index contributed by atoms with van der Waals surface area (Å²) in [5.41, 5.74) is 0. The number of carbonyl (C=O) groups is 1. The molecule has 1 saturated heterocycles. The molecule has 1 aliphatic heterocycles. The van der Waals surface area contributed by atoms with Crippen molar-refractivity contribution in [1.82, 2.24) is 10.2 Å². The second-order valence-corrected chi connectivity index (χ2v) is 5.55. The number of rotatable bonds is 3. The molecular formula is C13H20N2O. The van der Waals surface area contributed by atoms with Gasteiger partial charge >= 0.3 is 0 Å². The number of allylic oxidation sites excluding steroid dienone is 2. The number of likely N-dealkylation sites (N-methyl/N-ethyl adjacent to an activating group) is 1.